The molecule has 1 N–H and O–H groups in total. The fourth-order valence-electron chi connectivity index (χ4n) is 2.67. The minimum absolute atomic E-state index is 0.331. The lowest BCUT2D eigenvalue weighted by Gasteiger charge is -2.19. The quantitative estimate of drug-likeness (QED) is 0.501. The molecule has 0 radical (unpaired) electrons. The zero-order chi connectivity index (χ0) is 19.0. The molecule has 0 fully saturated rings. The summed E-state index contributed by atoms with van der Waals surface area (Å²) in [7, 11) is 0. The fraction of sp³-hybridized carbons (Fsp3) is 0.600. The van der Waals surface area contributed by atoms with E-state index >= 15 is 0 Å². The summed E-state index contributed by atoms with van der Waals surface area (Å²) in [5, 5.41) is 2.79. The van der Waals surface area contributed by atoms with E-state index in [1.807, 2.05) is 39.0 Å². The Labute approximate surface area is 164 Å². The molecule has 0 bridgehead atoms. The first-order valence-corrected chi connectivity index (χ1v) is 10.1. The predicted molar refractivity (Wildman–Crippen MR) is 107 cm³/mol. The Hall–Kier alpha value is -1.56. The van der Waals surface area contributed by atoms with E-state index in [4.69, 9.17) is 9.15 Å². The number of nitrogens with one attached hydrogen (secondary N) is 1. The topological polar surface area (TPSA) is 64.4 Å². The number of hydrogen-bond donors (Lipinski definition) is 1. The van der Waals surface area contributed by atoms with E-state index in [1.165, 1.54) is 19.3 Å². The Kier molecular flexibility index (Phi) is 7.94. The van der Waals surface area contributed by atoms with Gasteiger partial charge < -0.3 is 14.5 Å². The molecule has 0 aliphatic carbocycles. The SMILES string of the molecule is CC(C)(C)OC(=O)NCCCCCCCCc1nc2cc(Br)ccc2o1. The molecule has 1 aromatic heterocycles. The number of benzene rings is 1. The second kappa shape index (κ2) is 9.95. The summed E-state index contributed by atoms with van der Waals surface area (Å²) in [6, 6.07) is 5.89. The van der Waals surface area contributed by atoms with E-state index in [0.717, 1.165) is 47.1 Å². The summed E-state index contributed by atoms with van der Waals surface area (Å²) in [5.41, 5.74) is 1.32. The lowest BCUT2D eigenvalue weighted by molar-refractivity contribution is 0.0527. The second-order valence-corrected chi connectivity index (χ2v) is 8.44. The summed E-state index contributed by atoms with van der Waals surface area (Å²) in [4.78, 5) is 16.0. The van der Waals surface area contributed by atoms with Crippen LogP contribution in [0.5, 0.6) is 0 Å². The van der Waals surface area contributed by atoms with E-state index in [2.05, 4.69) is 26.2 Å². The van der Waals surface area contributed by atoms with Gasteiger partial charge in [-0.1, -0.05) is 41.6 Å². The number of ether oxygens (including phenoxy) is 1. The number of hydrogen-bond acceptors (Lipinski definition) is 4. The van der Waals surface area contributed by atoms with E-state index < -0.39 is 5.60 Å². The third-order valence-corrected chi connectivity index (χ3v) is 4.37. The molecule has 0 spiro atoms. The highest BCUT2D eigenvalue weighted by Crippen LogP contribution is 2.21. The normalized spacial score (nSPS) is 11.7. The average molecular weight is 425 g/mol. The number of aromatic nitrogens is 1. The van der Waals surface area contributed by atoms with Gasteiger partial charge in [0.15, 0.2) is 11.5 Å². The van der Waals surface area contributed by atoms with Gasteiger partial charge in [-0.15, -0.1) is 0 Å². The molecule has 26 heavy (non-hydrogen) atoms. The Morgan fingerprint density at radius 1 is 1.15 bits per heavy atom. The van der Waals surface area contributed by atoms with Crippen LogP contribution in [-0.4, -0.2) is 23.2 Å². The molecule has 2 rings (SSSR count). The molecular formula is C20H29BrN2O3. The van der Waals surface area contributed by atoms with Crippen molar-refractivity contribution in [2.75, 3.05) is 6.54 Å². The molecule has 144 valence electrons. The van der Waals surface area contributed by atoms with Gasteiger partial charge in [0.25, 0.3) is 0 Å². The van der Waals surface area contributed by atoms with Gasteiger partial charge in [0.05, 0.1) is 0 Å². The molecule has 0 aliphatic heterocycles. The van der Waals surface area contributed by atoms with Gasteiger partial charge in [-0.25, -0.2) is 9.78 Å². The molecule has 0 atom stereocenters. The summed E-state index contributed by atoms with van der Waals surface area (Å²) >= 11 is 3.45. The number of oxazole rings is 1. The maximum Gasteiger partial charge on any atom is 0.407 e. The van der Waals surface area contributed by atoms with Gasteiger partial charge in [-0.3, -0.25) is 0 Å². The minimum atomic E-state index is -0.435. The van der Waals surface area contributed by atoms with Crippen LogP contribution in [0, 0.1) is 0 Å². The van der Waals surface area contributed by atoms with Gasteiger partial charge in [0.2, 0.25) is 0 Å². The monoisotopic (exact) mass is 424 g/mol. The maximum atomic E-state index is 11.5. The number of carbonyl (C=O) groups is 1. The van der Waals surface area contributed by atoms with Crippen molar-refractivity contribution >= 4 is 33.1 Å². The van der Waals surface area contributed by atoms with Crippen molar-refractivity contribution in [1.82, 2.24) is 10.3 Å². The molecule has 0 saturated heterocycles. The van der Waals surface area contributed by atoms with Gasteiger partial charge in [-0.05, 0) is 51.8 Å². The van der Waals surface area contributed by atoms with Crippen molar-refractivity contribution in [3.05, 3.63) is 28.6 Å². The first-order chi connectivity index (χ1) is 12.3. The molecule has 5 nitrogen and oxygen atoms in total. The van der Waals surface area contributed by atoms with Crippen molar-refractivity contribution in [2.45, 2.75) is 71.3 Å². The van der Waals surface area contributed by atoms with Gasteiger partial charge >= 0.3 is 6.09 Å². The van der Waals surface area contributed by atoms with E-state index in [0.29, 0.717) is 6.54 Å². The predicted octanol–water partition coefficient (Wildman–Crippen LogP) is 6.00. The Balaban J connectivity index is 1.49. The van der Waals surface area contributed by atoms with E-state index in [1.54, 1.807) is 0 Å². The number of amides is 1. The maximum absolute atomic E-state index is 11.5. The minimum Gasteiger partial charge on any atom is -0.444 e. The van der Waals surface area contributed by atoms with Crippen molar-refractivity contribution in [3.63, 3.8) is 0 Å². The standard InChI is InChI=1S/C20H29BrN2O3/c1-20(2,3)26-19(24)22-13-9-7-5-4-6-8-10-18-23-16-14-15(21)11-12-17(16)25-18/h11-12,14H,4-10,13H2,1-3H3,(H,22,24). The lowest BCUT2D eigenvalue weighted by atomic mass is 10.1. The van der Waals surface area contributed by atoms with Crippen LogP contribution in [0.15, 0.2) is 27.1 Å². The van der Waals surface area contributed by atoms with Crippen LogP contribution in [0.2, 0.25) is 0 Å². The largest absolute Gasteiger partial charge is 0.444 e. The van der Waals surface area contributed by atoms with E-state index in [-0.39, 0.29) is 6.09 Å². The Morgan fingerprint density at radius 3 is 2.58 bits per heavy atom. The molecule has 6 heteroatoms. The fourth-order valence-corrected chi connectivity index (χ4v) is 3.02. The summed E-state index contributed by atoms with van der Waals surface area (Å²) < 4.78 is 12.0. The number of halogens is 1. The third kappa shape index (κ3) is 7.77. The van der Waals surface area contributed by atoms with Gasteiger partial charge in [0, 0.05) is 17.4 Å². The van der Waals surface area contributed by atoms with Crippen LogP contribution in [0.25, 0.3) is 11.1 Å². The highest BCUT2D eigenvalue weighted by atomic mass is 79.9. The molecule has 1 aromatic carbocycles. The molecule has 0 saturated carbocycles. The summed E-state index contributed by atoms with van der Waals surface area (Å²) in [6.07, 6.45) is 7.28. The van der Waals surface area contributed by atoms with Gasteiger partial charge in [0.1, 0.15) is 11.1 Å². The van der Waals surface area contributed by atoms with Crippen LogP contribution in [-0.2, 0) is 11.2 Å². The number of unbranched alkanes of at least 4 members (excludes halogenated alkanes) is 5. The Morgan fingerprint density at radius 2 is 1.85 bits per heavy atom. The van der Waals surface area contributed by atoms with Crippen molar-refractivity contribution < 1.29 is 13.9 Å². The third-order valence-electron chi connectivity index (χ3n) is 3.88. The molecule has 0 unspecified atom stereocenters. The van der Waals surface area contributed by atoms with Crippen molar-refractivity contribution in [2.24, 2.45) is 0 Å². The molecular weight excluding hydrogens is 396 g/mol. The van der Waals surface area contributed by atoms with Crippen LogP contribution >= 0.6 is 15.9 Å². The highest BCUT2D eigenvalue weighted by Gasteiger charge is 2.15. The number of alkyl carbamates (subject to hydrolysis) is 1. The zero-order valence-electron chi connectivity index (χ0n) is 15.9. The lowest BCUT2D eigenvalue weighted by Crippen LogP contribution is -2.32. The van der Waals surface area contributed by atoms with Crippen LogP contribution in [0.1, 0.15) is 65.2 Å². The summed E-state index contributed by atoms with van der Waals surface area (Å²) in [6.45, 7) is 6.28. The van der Waals surface area contributed by atoms with Crippen LogP contribution < -0.4 is 5.32 Å². The highest BCUT2D eigenvalue weighted by molar-refractivity contribution is 9.10. The zero-order valence-corrected chi connectivity index (χ0v) is 17.5. The number of aryl methyl sites for hydroxylation is 1. The van der Waals surface area contributed by atoms with Crippen LogP contribution in [0.3, 0.4) is 0 Å². The molecule has 2 aromatic rings. The first kappa shape index (κ1) is 20.7. The first-order valence-electron chi connectivity index (χ1n) is 9.35. The second-order valence-electron chi connectivity index (χ2n) is 7.52. The van der Waals surface area contributed by atoms with Crippen LogP contribution in [0.4, 0.5) is 4.79 Å². The smallest absolute Gasteiger partial charge is 0.407 e. The van der Waals surface area contributed by atoms with E-state index in [9.17, 15) is 4.79 Å². The number of carbonyl (C=O) groups excluding carboxylic acids is 1. The average Bonchev–Trinajstić information content (AvgIpc) is 2.93. The van der Waals surface area contributed by atoms with Crippen molar-refractivity contribution in [1.29, 1.82) is 0 Å². The Bertz CT molecular complexity index is 707. The molecule has 0 aliphatic rings. The van der Waals surface area contributed by atoms with Crippen molar-refractivity contribution in [3.8, 4) is 0 Å². The number of rotatable bonds is 9. The number of fused-ring (bicyclic) bond motifs is 1. The number of nitrogens with zero attached hydrogens (tertiary/aromatic N) is 1. The molecule has 1 heterocycles. The summed E-state index contributed by atoms with van der Waals surface area (Å²) in [5.74, 6) is 0.819. The van der Waals surface area contributed by atoms with Gasteiger partial charge in [-0.2, -0.15) is 0 Å². The molecule has 1 amide bonds.